The molecule has 65 heavy (non-hydrogen) atoms. The summed E-state index contributed by atoms with van der Waals surface area (Å²) in [5, 5.41) is 2.58. The Labute approximate surface area is 351 Å². The van der Waals surface area contributed by atoms with Gasteiger partial charge in [0.2, 0.25) is 5.69 Å². The Balaban J connectivity index is 0.000000289. The number of pyridine rings is 1. The summed E-state index contributed by atoms with van der Waals surface area (Å²) in [4.78, 5) is 0. The third kappa shape index (κ3) is 7.50. The molecule has 1 nitrogen and oxygen atoms in total. The van der Waals surface area contributed by atoms with Gasteiger partial charge in [0.25, 0.3) is 0 Å². The van der Waals surface area contributed by atoms with E-state index >= 15 is 35.1 Å². The molecule has 0 spiro atoms. The molecule has 1 aromatic heterocycles. The minimum absolute atomic E-state index is 0.894. The van der Waals surface area contributed by atoms with Crippen LogP contribution in [0, 0.1) is 116 Å². The smallest absolute Gasteiger partial charge is 0.207 e. The summed E-state index contributed by atoms with van der Waals surface area (Å²) in [6.07, 6.45) is -0.759. The number of fused-ring (bicyclic) bond motifs is 1. The van der Waals surface area contributed by atoms with Gasteiger partial charge in [0, 0.05) is 17.7 Å². The Morgan fingerprint density at radius 3 is 0.985 bits per heavy atom. The van der Waals surface area contributed by atoms with Crippen molar-refractivity contribution in [1.82, 2.24) is 0 Å². The van der Waals surface area contributed by atoms with Gasteiger partial charge in [-0.1, -0.05) is 54.6 Å². The van der Waals surface area contributed by atoms with Crippen molar-refractivity contribution < 1.29 is 92.4 Å². The Bertz CT molecular complexity index is 2700. The number of aromatic nitrogens is 1. The van der Waals surface area contributed by atoms with Crippen LogP contribution in [0.2, 0.25) is 0 Å². The van der Waals surface area contributed by atoms with E-state index in [9.17, 15) is 52.7 Å². The molecule has 0 saturated carbocycles. The lowest BCUT2D eigenvalue weighted by Gasteiger charge is -2.44. The van der Waals surface area contributed by atoms with Gasteiger partial charge >= 0.3 is 0 Å². The first-order valence-corrected chi connectivity index (χ1v) is 17.9. The van der Waals surface area contributed by atoms with Crippen molar-refractivity contribution in [3.8, 4) is 0 Å². The minimum Gasteiger partial charge on any atom is -0.207 e. The first-order chi connectivity index (χ1) is 30.6. The second-order valence-corrected chi connectivity index (χ2v) is 13.7. The average Bonchev–Trinajstić information content (AvgIpc) is 3.30. The SMILES string of the molecule is CC=Cc1c2ccccc2cc[n+]1Cc1ccccc1.Fc1c(F)c(F)c([B-](c2c(F)c(F)c(F)c(F)c2F)(c2c(F)c(F)c(F)c(F)c2F)c2c(F)c(F)c(F)c(F)c2F)c(F)c1F. The molecule has 0 bridgehead atoms. The predicted molar refractivity (Wildman–Crippen MR) is 194 cm³/mol. The van der Waals surface area contributed by atoms with E-state index in [4.69, 9.17) is 0 Å². The summed E-state index contributed by atoms with van der Waals surface area (Å²) in [6.45, 7) is 2.96. The van der Waals surface area contributed by atoms with Crippen LogP contribution in [-0.4, -0.2) is 6.15 Å². The van der Waals surface area contributed by atoms with Gasteiger partial charge in [-0.25, -0.2) is 87.8 Å². The summed E-state index contributed by atoms with van der Waals surface area (Å²) >= 11 is 0. The lowest BCUT2D eigenvalue weighted by molar-refractivity contribution is -0.688. The van der Waals surface area contributed by atoms with Gasteiger partial charge in [0.05, 0.1) is 5.39 Å². The van der Waals surface area contributed by atoms with Crippen LogP contribution in [-0.2, 0) is 6.54 Å². The van der Waals surface area contributed by atoms with E-state index in [1.165, 1.54) is 22.0 Å². The van der Waals surface area contributed by atoms with Crippen molar-refractivity contribution in [3.05, 3.63) is 201 Å². The normalized spacial score (nSPS) is 11.8. The maximum Gasteiger partial charge on any atom is 0.213 e. The van der Waals surface area contributed by atoms with Crippen molar-refractivity contribution in [1.29, 1.82) is 0 Å². The number of hydrogen-bond donors (Lipinski definition) is 0. The van der Waals surface area contributed by atoms with E-state index in [1.54, 1.807) is 0 Å². The summed E-state index contributed by atoms with van der Waals surface area (Å²) in [5.41, 5.74) is -11.8. The molecule has 22 heteroatoms. The highest BCUT2D eigenvalue weighted by molar-refractivity contribution is 7.20. The van der Waals surface area contributed by atoms with E-state index in [-0.39, 0.29) is 0 Å². The van der Waals surface area contributed by atoms with Crippen molar-refractivity contribution in [2.75, 3.05) is 0 Å². The highest BCUT2D eigenvalue weighted by atomic mass is 19.2. The van der Waals surface area contributed by atoms with Crippen molar-refractivity contribution in [3.63, 3.8) is 0 Å². The van der Waals surface area contributed by atoms with Gasteiger partial charge in [0.1, 0.15) is 52.7 Å². The predicted octanol–water partition coefficient (Wildman–Crippen LogP) is 10.1. The highest BCUT2D eigenvalue weighted by Crippen LogP contribution is 2.31. The molecule has 0 amide bonds. The number of hydrogen-bond acceptors (Lipinski definition) is 0. The Morgan fingerprint density at radius 2 is 0.662 bits per heavy atom. The second kappa shape index (κ2) is 18.0. The largest absolute Gasteiger partial charge is 0.213 e. The number of halogens is 20. The van der Waals surface area contributed by atoms with E-state index in [1.807, 2.05) is 0 Å². The van der Waals surface area contributed by atoms with Crippen LogP contribution < -0.4 is 26.4 Å². The maximum absolute atomic E-state index is 15.4. The molecule has 0 aliphatic carbocycles. The first-order valence-electron chi connectivity index (χ1n) is 17.9. The number of rotatable bonds is 7. The molecule has 7 rings (SSSR count). The summed E-state index contributed by atoms with van der Waals surface area (Å²) in [7, 11) is 0. The molecule has 0 fully saturated rings. The van der Waals surface area contributed by atoms with Crippen LogP contribution in [0.15, 0.2) is 72.9 Å². The number of benzene rings is 6. The standard InChI is InChI=1S/C24BF20.C19H18N/c26-5-1(6(27)14(35)21(42)13(5)34)25(2-7(28)15(36)22(43)16(37)8(2)29,3-9(30)17(38)23(44)18(39)10(3)31)4-11(32)19(40)24(45)20(41)12(4)33;1-2-8-19-18-12-7-6-11-17(18)13-14-20(19)15-16-9-4-3-5-10-16/h;2-14H,15H2,1H3/q-1;+1. The molecular weight excluding hydrogens is 921 g/mol. The third-order valence-electron chi connectivity index (χ3n) is 10.2. The zero-order chi connectivity index (χ0) is 48.1. The van der Waals surface area contributed by atoms with E-state index in [0.717, 1.165) is 6.54 Å². The highest BCUT2D eigenvalue weighted by Gasteiger charge is 2.52. The van der Waals surface area contributed by atoms with Crippen molar-refractivity contribution in [2.45, 2.75) is 13.5 Å². The Kier molecular flexibility index (Phi) is 13.2. The van der Waals surface area contributed by atoms with Gasteiger partial charge in [0.15, 0.2) is 82.5 Å². The fraction of sp³-hybridized carbons (Fsp3) is 0.0465. The molecule has 0 atom stereocenters. The van der Waals surface area contributed by atoms with Crippen LogP contribution in [0.3, 0.4) is 0 Å². The van der Waals surface area contributed by atoms with E-state index in [0.29, 0.717) is 0 Å². The molecule has 0 aliphatic heterocycles. The molecule has 0 unspecified atom stereocenters. The van der Waals surface area contributed by atoms with Gasteiger partial charge in [-0.3, -0.25) is 0 Å². The quantitative estimate of drug-likeness (QED) is 0.0493. The number of allylic oxidation sites excluding steroid dienone is 1. The monoisotopic (exact) mass is 939 g/mol. The molecule has 0 radical (unpaired) electrons. The van der Waals surface area contributed by atoms with E-state index in [2.05, 4.69) is 90.5 Å². The Morgan fingerprint density at radius 1 is 0.369 bits per heavy atom. The Hall–Kier alpha value is -6.87. The van der Waals surface area contributed by atoms with Crippen LogP contribution >= 0.6 is 0 Å². The fourth-order valence-electron chi connectivity index (χ4n) is 7.42. The fourth-order valence-corrected chi connectivity index (χ4v) is 7.42. The first kappa shape index (κ1) is 47.6. The molecular formula is C43H18BF20N. The van der Waals surface area contributed by atoms with Gasteiger partial charge in [-0.15, -0.1) is 21.9 Å². The molecule has 7 aromatic rings. The van der Waals surface area contributed by atoms with Crippen molar-refractivity contribution >= 4 is 44.8 Å². The summed E-state index contributed by atoms with van der Waals surface area (Å²) < 4.78 is 296. The lowest BCUT2D eigenvalue weighted by Crippen LogP contribution is -2.81. The van der Waals surface area contributed by atoms with Crippen LogP contribution in [0.1, 0.15) is 18.2 Å². The van der Waals surface area contributed by atoms with Crippen LogP contribution in [0.5, 0.6) is 0 Å². The minimum atomic E-state index is -7.22. The van der Waals surface area contributed by atoms with E-state index < -0.39 is 144 Å². The molecule has 1 heterocycles. The van der Waals surface area contributed by atoms with Crippen molar-refractivity contribution in [2.24, 2.45) is 0 Å². The molecule has 0 saturated heterocycles. The molecule has 0 N–H and O–H groups in total. The average molecular weight is 939 g/mol. The van der Waals surface area contributed by atoms with Gasteiger partial charge < -0.3 is 0 Å². The van der Waals surface area contributed by atoms with Crippen LogP contribution in [0.25, 0.3) is 16.8 Å². The molecule has 0 aliphatic rings. The molecule has 6 aromatic carbocycles. The summed E-state index contributed by atoms with van der Waals surface area (Å²) in [5.74, 6) is -71.4. The van der Waals surface area contributed by atoms with Gasteiger partial charge in [-0.2, -0.15) is 4.57 Å². The second-order valence-electron chi connectivity index (χ2n) is 13.7. The lowest BCUT2D eigenvalue weighted by atomic mass is 9.12. The van der Waals surface area contributed by atoms with Gasteiger partial charge in [-0.05, 0) is 18.4 Å². The third-order valence-corrected chi connectivity index (χ3v) is 10.2. The van der Waals surface area contributed by atoms with Crippen LogP contribution in [0.4, 0.5) is 87.8 Å². The number of nitrogens with zero attached hydrogens (tertiary/aromatic N) is 1. The molecule has 338 valence electrons. The zero-order valence-electron chi connectivity index (χ0n) is 31.8. The maximum atomic E-state index is 15.4. The summed E-state index contributed by atoms with van der Waals surface area (Å²) in [6, 6.07) is 21.3. The zero-order valence-corrected chi connectivity index (χ0v) is 31.8. The topological polar surface area (TPSA) is 3.88 Å².